The first-order valence-corrected chi connectivity index (χ1v) is 7.51. The molecule has 0 unspecified atom stereocenters. The second-order valence-corrected chi connectivity index (χ2v) is 6.67. The molecule has 2 aromatic carbocycles. The van der Waals surface area contributed by atoms with E-state index in [-0.39, 0.29) is 15.5 Å². The van der Waals surface area contributed by atoms with Crippen LogP contribution in [0.2, 0.25) is 0 Å². The van der Waals surface area contributed by atoms with E-state index in [0.717, 1.165) is 6.07 Å². The molecule has 0 aromatic heterocycles. The third kappa shape index (κ3) is 2.30. The number of aromatic hydroxyl groups is 2. The molecule has 2 aromatic rings. The highest BCUT2D eigenvalue weighted by atomic mass is 127. The third-order valence-corrected chi connectivity index (χ3v) is 5.44. The standard InChI is InChI=1S/C12H9IO4S/c13-9-6-10(14)11(15)7-12(9)18(16,17)8-4-2-1-3-5-8/h1-7,14-15H. The third-order valence-electron chi connectivity index (χ3n) is 2.37. The van der Waals surface area contributed by atoms with Gasteiger partial charge >= 0.3 is 0 Å². The van der Waals surface area contributed by atoms with Crippen molar-refractivity contribution >= 4 is 32.4 Å². The Hall–Kier alpha value is -1.28. The molecule has 0 fully saturated rings. The summed E-state index contributed by atoms with van der Waals surface area (Å²) in [6.07, 6.45) is 0. The predicted molar refractivity (Wildman–Crippen MR) is 74.4 cm³/mol. The van der Waals surface area contributed by atoms with Gasteiger partial charge in [0.05, 0.1) is 9.79 Å². The lowest BCUT2D eigenvalue weighted by Crippen LogP contribution is -2.03. The summed E-state index contributed by atoms with van der Waals surface area (Å²) in [6, 6.07) is 10.2. The summed E-state index contributed by atoms with van der Waals surface area (Å²) in [5.41, 5.74) is 0. The largest absolute Gasteiger partial charge is 0.504 e. The van der Waals surface area contributed by atoms with Crippen molar-refractivity contribution in [3.8, 4) is 11.5 Å². The van der Waals surface area contributed by atoms with Gasteiger partial charge in [-0.25, -0.2) is 8.42 Å². The molecule has 0 amide bonds. The Morgan fingerprint density at radius 2 is 1.50 bits per heavy atom. The zero-order valence-electron chi connectivity index (χ0n) is 9.04. The number of phenolic OH excluding ortho intramolecular Hbond substituents is 2. The summed E-state index contributed by atoms with van der Waals surface area (Å²) < 4.78 is 25.0. The highest BCUT2D eigenvalue weighted by Crippen LogP contribution is 2.34. The van der Waals surface area contributed by atoms with E-state index < -0.39 is 15.6 Å². The van der Waals surface area contributed by atoms with Gasteiger partial charge in [-0.3, -0.25) is 0 Å². The number of hydrogen-bond acceptors (Lipinski definition) is 4. The lowest BCUT2D eigenvalue weighted by atomic mass is 10.3. The Morgan fingerprint density at radius 1 is 0.944 bits per heavy atom. The minimum atomic E-state index is -3.69. The van der Waals surface area contributed by atoms with Gasteiger partial charge in [0.2, 0.25) is 9.84 Å². The van der Waals surface area contributed by atoms with Gasteiger partial charge in [0, 0.05) is 9.64 Å². The fourth-order valence-electron chi connectivity index (χ4n) is 1.46. The molecule has 4 nitrogen and oxygen atoms in total. The van der Waals surface area contributed by atoms with E-state index >= 15 is 0 Å². The van der Waals surface area contributed by atoms with Crippen LogP contribution in [-0.2, 0) is 9.84 Å². The minimum Gasteiger partial charge on any atom is -0.504 e. The van der Waals surface area contributed by atoms with Gasteiger partial charge in [-0.2, -0.15) is 0 Å². The van der Waals surface area contributed by atoms with E-state index in [1.165, 1.54) is 18.2 Å². The normalized spacial score (nSPS) is 11.4. The first kappa shape index (κ1) is 13.2. The molecule has 0 aliphatic rings. The van der Waals surface area contributed by atoms with Crippen LogP contribution < -0.4 is 0 Å². The smallest absolute Gasteiger partial charge is 0.207 e. The number of hydrogen-bond donors (Lipinski definition) is 2. The summed E-state index contributed by atoms with van der Waals surface area (Å²) in [5.74, 6) is -0.795. The lowest BCUT2D eigenvalue weighted by molar-refractivity contribution is 0.401. The highest BCUT2D eigenvalue weighted by molar-refractivity contribution is 14.1. The van der Waals surface area contributed by atoms with E-state index in [1.54, 1.807) is 40.8 Å². The Bertz CT molecular complexity index is 681. The van der Waals surface area contributed by atoms with Crippen molar-refractivity contribution in [2.45, 2.75) is 9.79 Å². The Kier molecular flexibility index (Phi) is 3.49. The number of sulfone groups is 1. The summed E-state index contributed by atoms with van der Waals surface area (Å²) in [7, 11) is -3.69. The second kappa shape index (κ2) is 4.77. The number of benzene rings is 2. The molecule has 0 atom stereocenters. The van der Waals surface area contributed by atoms with E-state index in [2.05, 4.69) is 0 Å². The first-order chi connectivity index (χ1) is 8.43. The van der Waals surface area contributed by atoms with E-state index in [4.69, 9.17) is 0 Å². The first-order valence-electron chi connectivity index (χ1n) is 4.94. The Morgan fingerprint density at radius 3 is 2.11 bits per heavy atom. The maximum Gasteiger partial charge on any atom is 0.207 e. The quantitative estimate of drug-likeness (QED) is 0.624. The highest BCUT2D eigenvalue weighted by Gasteiger charge is 2.22. The average Bonchev–Trinajstić information content (AvgIpc) is 2.34. The van der Waals surface area contributed by atoms with Gasteiger partial charge < -0.3 is 10.2 Å². The van der Waals surface area contributed by atoms with Crippen LogP contribution in [0.4, 0.5) is 0 Å². The molecular formula is C12H9IO4S. The molecule has 2 N–H and O–H groups in total. The van der Waals surface area contributed by atoms with Gasteiger partial charge in [-0.1, -0.05) is 18.2 Å². The van der Waals surface area contributed by atoms with Gasteiger partial charge in [-0.05, 0) is 40.8 Å². The molecule has 0 saturated heterocycles. The van der Waals surface area contributed by atoms with Crippen LogP contribution in [0.3, 0.4) is 0 Å². The van der Waals surface area contributed by atoms with Crippen LogP contribution in [0.25, 0.3) is 0 Å². The van der Waals surface area contributed by atoms with Gasteiger partial charge in [-0.15, -0.1) is 0 Å². The molecule has 0 saturated carbocycles. The summed E-state index contributed by atoms with van der Waals surface area (Å²) in [6.45, 7) is 0. The van der Waals surface area contributed by atoms with Gasteiger partial charge in [0.1, 0.15) is 0 Å². The fourth-order valence-corrected chi connectivity index (χ4v) is 4.14. The monoisotopic (exact) mass is 376 g/mol. The van der Waals surface area contributed by atoms with Crippen molar-refractivity contribution in [2.75, 3.05) is 0 Å². The SMILES string of the molecule is O=S(=O)(c1ccccc1)c1cc(O)c(O)cc1I. The van der Waals surface area contributed by atoms with Crippen LogP contribution in [0.15, 0.2) is 52.3 Å². The van der Waals surface area contributed by atoms with Crippen LogP contribution in [0.1, 0.15) is 0 Å². The van der Waals surface area contributed by atoms with Crippen LogP contribution >= 0.6 is 22.6 Å². The molecule has 94 valence electrons. The maximum atomic E-state index is 12.3. The van der Waals surface area contributed by atoms with Gasteiger partial charge in [0.15, 0.2) is 11.5 Å². The average molecular weight is 376 g/mol. The number of rotatable bonds is 2. The Balaban J connectivity index is 2.66. The predicted octanol–water partition coefficient (Wildman–Crippen LogP) is 2.54. The molecule has 18 heavy (non-hydrogen) atoms. The van der Waals surface area contributed by atoms with E-state index in [9.17, 15) is 18.6 Å². The maximum absolute atomic E-state index is 12.3. The minimum absolute atomic E-state index is 0.0235. The topological polar surface area (TPSA) is 74.6 Å². The molecule has 0 aliphatic carbocycles. The molecule has 2 rings (SSSR count). The van der Waals surface area contributed by atoms with Gasteiger partial charge in [0.25, 0.3) is 0 Å². The summed E-state index contributed by atoms with van der Waals surface area (Å²) in [4.78, 5) is 0.123. The zero-order chi connectivity index (χ0) is 13.3. The summed E-state index contributed by atoms with van der Waals surface area (Å²) in [5, 5.41) is 18.7. The van der Waals surface area contributed by atoms with Crippen molar-refractivity contribution < 1.29 is 18.6 Å². The molecule has 0 bridgehead atoms. The Labute approximate surface area is 118 Å². The van der Waals surface area contributed by atoms with Crippen molar-refractivity contribution in [2.24, 2.45) is 0 Å². The number of halogens is 1. The van der Waals surface area contributed by atoms with E-state index in [1.807, 2.05) is 0 Å². The van der Waals surface area contributed by atoms with Crippen molar-refractivity contribution in [3.63, 3.8) is 0 Å². The van der Waals surface area contributed by atoms with E-state index in [0.29, 0.717) is 3.57 Å². The van der Waals surface area contributed by atoms with Crippen LogP contribution in [-0.4, -0.2) is 18.6 Å². The molecule has 0 radical (unpaired) electrons. The zero-order valence-corrected chi connectivity index (χ0v) is 12.0. The molecule has 0 spiro atoms. The second-order valence-electron chi connectivity index (χ2n) is 3.59. The van der Waals surface area contributed by atoms with Crippen LogP contribution in [0, 0.1) is 3.57 Å². The van der Waals surface area contributed by atoms with Crippen molar-refractivity contribution in [1.29, 1.82) is 0 Å². The lowest BCUT2D eigenvalue weighted by Gasteiger charge is -2.08. The number of phenols is 2. The van der Waals surface area contributed by atoms with Crippen molar-refractivity contribution in [3.05, 3.63) is 46.0 Å². The molecule has 0 aliphatic heterocycles. The van der Waals surface area contributed by atoms with Crippen molar-refractivity contribution in [1.82, 2.24) is 0 Å². The summed E-state index contributed by atoms with van der Waals surface area (Å²) >= 11 is 1.80. The fraction of sp³-hybridized carbons (Fsp3) is 0. The molecule has 0 heterocycles. The molecule has 6 heteroatoms. The van der Waals surface area contributed by atoms with Crippen LogP contribution in [0.5, 0.6) is 11.5 Å². The molecular weight excluding hydrogens is 367 g/mol.